The maximum absolute atomic E-state index is 3.92. The van der Waals surface area contributed by atoms with Gasteiger partial charge in [-0.25, -0.2) is 0 Å². The number of rotatable bonds is 12. The van der Waals surface area contributed by atoms with Crippen LogP contribution in [0.3, 0.4) is 0 Å². The number of anilines is 1. The molecule has 182 valence electrons. The van der Waals surface area contributed by atoms with E-state index in [1.54, 1.807) is 0 Å². The first-order valence-corrected chi connectivity index (χ1v) is 12.5. The summed E-state index contributed by atoms with van der Waals surface area (Å²) in [5.41, 5.74) is 8.75. The van der Waals surface area contributed by atoms with Crippen molar-refractivity contribution < 1.29 is 0 Å². The van der Waals surface area contributed by atoms with E-state index in [2.05, 4.69) is 149 Å². The summed E-state index contributed by atoms with van der Waals surface area (Å²) in [5.74, 6) is 0. The number of para-hydroxylation sites is 1. The molecule has 2 aromatic carbocycles. The van der Waals surface area contributed by atoms with Gasteiger partial charge in [-0.15, -0.1) is 0 Å². The van der Waals surface area contributed by atoms with Gasteiger partial charge in [-0.3, -0.25) is 0 Å². The molecule has 0 aliphatic heterocycles. The number of hydrogen-bond donors (Lipinski definition) is 0. The van der Waals surface area contributed by atoms with Crippen LogP contribution in [-0.2, 0) is 6.42 Å². The normalized spacial score (nSPS) is 12.6. The van der Waals surface area contributed by atoms with Crippen molar-refractivity contribution in [2.24, 2.45) is 0 Å². The van der Waals surface area contributed by atoms with E-state index in [-0.39, 0.29) is 0 Å². The molecular weight excluding hydrogens is 422 g/mol. The molecule has 1 heteroatoms. The zero-order chi connectivity index (χ0) is 25.5. The van der Waals surface area contributed by atoms with Gasteiger partial charge in [-0.2, -0.15) is 0 Å². The molecular formula is C34H41N. The molecule has 0 saturated heterocycles. The SMILES string of the molecule is C=C/C=C(\C=C/CN(C)c1ccccc1/C=C/CC)c1ccc(CC(=C/C=C(C)C)/C=C/C)cc1. The first-order valence-electron chi connectivity index (χ1n) is 12.5. The number of benzene rings is 2. The fourth-order valence-corrected chi connectivity index (χ4v) is 3.74. The molecule has 0 atom stereocenters. The Bertz CT molecular complexity index is 1110. The molecule has 0 aromatic heterocycles. The van der Waals surface area contributed by atoms with Gasteiger partial charge in [-0.05, 0) is 67.5 Å². The van der Waals surface area contributed by atoms with E-state index < -0.39 is 0 Å². The molecule has 0 amide bonds. The molecule has 0 bridgehead atoms. The van der Waals surface area contributed by atoms with Crippen LogP contribution in [0.4, 0.5) is 5.69 Å². The van der Waals surface area contributed by atoms with Crippen molar-refractivity contribution >= 4 is 17.3 Å². The number of likely N-dealkylation sites (N-methyl/N-ethyl adjacent to an activating group) is 1. The lowest BCUT2D eigenvalue weighted by atomic mass is 9.99. The predicted molar refractivity (Wildman–Crippen MR) is 159 cm³/mol. The number of allylic oxidation sites excluding steroid dienone is 11. The van der Waals surface area contributed by atoms with Crippen LogP contribution in [0.1, 0.15) is 50.8 Å². The summed E-state index contributed by atoms with van der Waals surface area (Å²) in [6, 6.07) is 17.4. The van der Waals surface area contributed by atoms with Gasteiger partial charge in [0.2, 0.25) is 0 Å². The van der Waals surface area contributed by atoms with Gasteiger partial charge in [0.05, 0.1) is 0 Å². The lowest BCUT2D eigenvalue weighted by molar-refractivity contribution is 1.03. The molecule has 0 aliphatic carbocycles. The minimum Gasteiger partial charge on any atom is -0.370 e. The third-order valence-electron chi connectivity index (χ3n) is 5.56. The lowest BCUT2D eigenvalue weighted by Gasteiger charge is -2.20. The molecule has 0 unspecified atom stereocenters. The summed E-state index contributed by atoms with van der Waals surface area (Å²) < 4.78 is 0. The molecule has 0 spiro atoms. The van der Waals surface area contributed by atoms with Gasteiger partial charge in [0.1, 0.15) is 0 Å². The van der Waals surface area contributed by atoms with E-state index >= 15 is 0 Å². The van der Waals surface area contributed by atoms with Crippen LogP contribution < -0.4 is 4.90 Å². The number of nitrogens with zero attached hydrogens (tertiary/aromatic N) is 1. The molecule has 2 aromatic rings. The van der Waals surface area contributed by atoms with Crippen LogP contribution in [0.25, 0.3) is 11.6 Å². The highest BCUT2D eigenvalue weighted by molar-refractivity contribution is 5.75. The summed E-state index contributed by atoms with van der Waals surface area (Å²) in [7, 11) is 2.14. The van der Waals surface area contributed by atoms with Crippen LogP contribution in [-0.4, -0.2) is 13.6 Å². The third-order valence-corrected chi connectivity index (χ3v) is 5.56. The largest absolute Gasteiger partial charge is 0.370 e. The first kappa shape index (κ1) is 27.7. The van der Waals surface area contributed by atoms with E-state index in [4.69, 9.17) is 0 Å². The van der Waals surface area contributed by atoms with E-state index in [1.165, 1.54) is 33.5 Å². The molecule has 0 radical (unpaired) electrons. The van der Waals surface area contributed by atoms with Crippen molar-refractivity contribution in [2.45, 2.75) is 40.5 Å². The van der Waals surface area contributed by atoms with Crippen LogP contribution in [0.5, 0.6) is 0 Å². The third kappa shape index (κ3) is 9.66. The molecule has 0 saturated carbocycles. The van der Waals surface area contributed by atoms with E-state index in [9.17, 15) is 0 Å². The second-order valence-corrected chi connectivity index (χ2v) is 8.87. The van der Waals surface area contributed by atoms with Gasteiger partial charge in [0.15, 0.2) is 0 Å². The van der Waals surface area contributed by atoms with E-state index in [0.717, 1.165) is 25.0 Å². The van der Waals surface area contributed by atoms with Crippen LogP contribution in [0.2, 0.25) is 0 Å². The molecule has 0 N–H and O–H groups in total. The van der Waals surface area contributed by atoms with Crippen molar-refractivity contribution in [3.8, 4) is 0 Å². The molecule has 35 heavy (non-hydrogen) atoms. The molecule has 2 rings (SSSR count). The lowest BCUT2D eigenvalue weighted by Crippen LogP contribution is -2.17. The minimum absolute atomic E-state index is 0.825. The predicted octanol–water partition coefficient (Wildman–Crippen LogP) is 9.38. The summed E-state index contributed by atoms with van der Waals surface area (Å²) in [6.45, 7) is 13.2. The standard InChI is InChI=1S/C34H41N/c1-7-10-16-33-17-11-12-19-34(33)35(6)26-13-18-31(15-9-3)32-24-22-30(23-25-32)27-29(14-8-2)21-20-28(4)5/h8-25H,3,7,26-27H2,1-2,4-6H3/b14-8+,16-10+,18-13-,29-21+,31-15+. The van der Waals surface area contributed by atoms with Crippen LogP contribution in [0.15, 0.2) is 121 Å². The van der Waals surface area contributed by atoms with Gasteiger partial charge in [0, 0.05) is 19.3 Å². The van der Waals surface area contributed by atoms with Crippen molar-refractivity contribution in [2.75, 3.05) is 18.5 Å². The van der Waals surface area contributed by atoms with Gasteiger partial charge in [0.25, 0.3) is 0 Å². The van der Waals surface area contributed by atoms with Crippen molar-refractivity contribution in [3.63, 3.8) is 0 Å². The average Bonchev–Trinajstić information content (AvgIpc) is 2.86. The van der Waals surface area contributed by atoms with Gasteiger partial charge < -0.3 is 4.90 Å². The zero-order valence-electron chi connectivity index (χ0n) is 22.2. The Morgan fingerprint density at radius 3 is 2.31 bits per heavy atom. The molecule has 0 heterocycles. The van der Waals surface area contributed by atoms with Crippen molar-refractivity contribution in [1.82, 2.24) is 0 Å². The Morgan fingerprint density at radius 1 is 0.914 bits per heavy atom. The topological polar surface area (TPSA) is 3.24 Å². The Balaban J connectivity index is 2.14. The van der Waals surface area contributed by atoms with Gasteiger partial charge >= 0.3 is 0 Å². The second kappa shape index (κ2) is 15.3. The highest BCUT2D eigenvalue weighted by Gasteiger charge is 2.04. The number of hydrogen-bond acceptors (Lipinski definition) is 1. The van der Waals surface area contributed by atoms with E-state index in [1.807, 2.05) is 6.08 Å². The first-order chi connectivity index (χ1) is 17.0. The summed E-state index contributed by atoms with van der Waals surface area (Å²) in [4.78, 5) is 2.28. The quantitative estimate of drug-likeness (QED) is 0.283. The highest BCUT2D eigenvalue weighted by Crippen LogP contribution is 2.22. The maximum Gasteiger partial charge on any atom is 0.0439 e. The second-order valence-electron chi connectivity index (χ2n) is 8.87. The maximum atomic E-state index is 3.92. The fraction of sp³-hybridized carbons (Fsp3) is 0.235. The Kier molecular flexibility index (Phi) is 12.1. The molecule has 1 nitrogen and oxygen atoms in total. The molecule has 0 aliphatic rings. The summed E-state index contributed by atoms with van der Waals surface area (Å²) in [6.07, 6.45) is 23.4. The average molecular weight is 464 g/mol. The van der Waals surface area contributed by atoms with Crippen molar-refractivity contribution in [3.05, 3.63) is 138 Å². The van der Waals surface area contributed by atoms with E-state index in [0.29, 0.717) is 0 Å². The summed E-state index contributed by atoms with van der Waals surface area (Å²) >= 11 is 0. The van der Waals surface area contributed by atoms with Crippen molar-refractivity contribution in [1.29, 1.82) is 0 Å². The zero-order valence-corrected chi connectivity index (χ0v) is 22.2. The highest BCUT2D eigenvalue weighted by atomic mass is 15.1. The summed E-state index contributed by atoms with van der Waals surface area (Å²) in [5, 5.41) is 0. The monoisotopic (exact) mass is 463 g/mol. The van der Waals surface area contributed by atoms with Crippen LogP contribution in [0, 0.1) is 0 Å². The Hall–Kier alpha value is -3.58. The Labute approximate surface area is 213 Å². The smallest absolute Gasteiger partial charge is 0.0439 e. The van der Waals surface area contributed by atoms with Gasteiger partial charge in [-0.1, -0.05) is 122 Å². The Morgan fingerprint density at radius 2 is 1.66 bits per heavy atom. The minimum atomic E-state index is 0.825. The molecule has 0 fully saturated rings. The van der Waals surface area contributed by atoms with Crippen LogP contribution >= 0.6 is 0 Å². The fourth-order valence-electron chi connectivity index (χ4n) is 3.74.